The SMILES string of the molecule is CC1(C)[C@@H]2C[C@H]3OB([C@H](Cc4ccccc4F)NC(=O)CC(NC(=O)c4ccccc4)c4cccc(Cl)c4)O[C@@]3(C)[C@H]1C2. The van der Waals surface area contributed by atoms with Crippen LogP contribution in [0.5, 0.6) is 0 Å². The van der Waals surface area contributed by atoms with Crippen molar-refractivity contribution in [3.05, 3.63) is 106 Å². The minimum Gasteiger partial charge on any atom is -0.404 e. The summed E-state index contributed by atoms with van der Waals surface area (Å²) in [5, 5.41) is 6.59. The van der Waals surface area contributed by atoms with Crippen molar-refractivity contribution in [3.8, 4) is 0 Å². The highest BCUT2D eigenvalue weighted by molar-refractivity contribution is 6.48. The first-order chi connectivity index (χ1) is 20.5. The van der Waals surface area contributed by atoms with Crippen molar-refractivity contribution in [2.24, 2.45) is 17.3 Å². The average Bonchev–Trinajstić information content (AvgIpc) is 3.35. The Hall–Kier alpha value is -3.20. The van der Waals surface area contributed by atoms with Gasteiger partial charge in [-0.1, -0.05) is 74.0 Å². The molecule has 4 fully saturated rings. The van der Waals surface area contributed by atoms with Crippen molar-refractivity contribution in [1.82, 2.24) is 10.6 Å². The minimum absolute atomic E-state index is 0.0577. The van der Waals surface area contributed by atoms with Gasteiger partial charge in [0.1, 0.15) is 5.82 Å². The summed E-state index contributed by atoms with van der Waals surface area (Å²) in [5.74, 6) is -0.697. The predicted molar refractivity (Wildman–Crippen MR) is 165 cm³/mol. The van der Waals surface area contributed by atoms with Gasteiger partial charge < -0.3 is 19.9 Å². The largest absolute Gasteiger partial charge is 0.482 e. The van der Waals surface area contributed by atoms with E-state index in [-0.39, 0.29) is 42.0 Å². The van der Waals surface area contributed by atoms with E-state index in [4.69, 9.17) is 20.9 Å². The highest BCUT2D eigenvalue weighted by Gasteiger charge is 2.68. The third-order valence-electron chi connectivity index (χ3n) is 10.0. The Morgan fingerprint density at radius 3 is 2.47 bits per heavy atom. The molecule has 3 aliphatic carbocycles. The molecule has 9 heteroatoms. The van der Waals surface area contributed by atoms with Crippen LogP contribution in [-0.2, 0) is 20.5 Å². The number of amides is 2. The van der Waals surface area contributed by atoms with Gasteiger partial charge in [-0.25, -0.2) is 4.39 Å². The van der Waals surface area contributed by atoms with Gasteiger partial charge in [0.05, 0.1) is 30.1 Å². The number of halogens is 2. The molecule has 3 aromatic carbocycles. The van der Waals surface area contributed by atoms with Crippen LogP contribution in [0, 0.1) is 23.1 Å². The molecule has 6 nitrogen and oxygen atoms in total. The van der Waals surface area contributed by atoms with E-state index in [0.717, 1.165) is 12.8 Å². The van der Waals surface area contributed by atoms with Crippen molar-refractivity contribution in [3.63, 3.8) is 0 Å². The fourth-order valence-electron chi connectivity index (χ4n) is 7.45. The van der Waals surface area contributed by atoms with E-state index >= 15 is 0 Å². The number of hydrogen-bond donors (Lipinski definition) is 2. The molecule has 43 heavy (non-hydrogen) atoms. The molecule has 1 saturated heterocycles. The first-order valence-electron chi connectivity index (χ1n) is 15.0. The van der Waals surface area contributed by atoms with Crippen LogP contribution in [0.25, 0.3) is 0 Å². The lowest BCUT2D eigenvalue weighted by Gasteiger charge is -2.64. The fraction of sp³-hybridized carbons (Fsp3) is 0.412. The van der Waals surface area contributed by atoms with Crippen LogP contribution >= 0.6 is 11.6 Å². The van der Waals surface area contributed by atoms with E-state index in [1.54, 1.807) is 60.7 Å². The molecule has 1 aliphatic heterocycles. The maximum absolute atomic E-state index is 14.8. The maximum atomic E-state index is 14.8. The Morgan fingerprint density at radius 2 is 1.74 bits per heavy atom. The zero-order valence-electron chi connectivity index (χ0n) is 24.7. The number of hydrogen-bond acceptors (Lipinski definition) is 4. The molecule has 6 atom stereocenters. The molecule has 0 aromatic heterocycles. The van der Waals surface area contributed by atoms with E-state index in [0.29, 0.717) is 33.5 Å². The van der Waals surface area contributed by atoms with E-state index in [1.807, 2.05) is 12.1 Å². The van der Waals surface area contributed by atoms with Crippen molar-refractivity contribution < 1.29 is 23.3 Å². The summed E-state index contributed by atoms with van der Waals surface area (Å²) in [4.78, 5) is 26.9. The smallest absolute Gasteiger partial charge is 0.404 e. The van der Waals surface area contributed by atoms with Crippen LogP contribution in [0.2, 0.25) is 5.02 Å². The molecular formula is C34H37BClFN2O4. The first-order valence-corrected chi connectivity index (χ1v) is 15.4. The standard InChI is InChI=1S/C34H37BClFN2O4/c1-33(2)24-18-28(33)34(3)29(19-24)42-35(43-34)30(17-22-12-7-8-15-26(22)37)39-31(40)20-27(23-13-9-14-25(36)16-23)38-32(41)21-10-5-4-6-11-21/h4-16,24,27-30H,17-20H2,1-3H3,(H,38,41)(H,39,40)/t24-,27?,28-,29+,30-,34-/m0/s1. The zero-order valence-corrected chi connectivity index (χ0v) is 25.4. The second-order valence-corrected chi connectivity index (χ2v) is 13.4. The van der Waals surface area contributed by atoms with Crippen molar-refractivity contribution >= 4 is 30.5 Å². The highest BCUT2D eigenvalue weighted by Crippen LogP contribution is 2.65. The third-order valence-corrected chi connectivity index (χ3v) is 10.3. The van der Waals surface area contributed by atoms with Gasteiger partial charge in [0, 0.05) is 10.6 Å². The summed E-state index contributed by atoms with van der Waals surface area (Å²) in [6.45, 7) is 6.71. The quantitative estimate of drug-likeness (QED) is 0.281. The fourth-order valence-corrected chi connectivity index (χ4v) is 7.64. The molecule has 3 aromatic rings. The van der Waals surface area contributed by atoms with Crippen molar-refractivity contribution in [2.45, 2.75) is 70.1 Å². The summed E-state index contributed by atoms with van der Waals surface area (Å²) in [6.07, 6.45) is 2.06. The predicted octanol–water partition coefficient (Wildman–Crippen LogP) is 6.34. The van der Waals surface area contributed by atoms with Crippen LogP contribution in [0.3, 0.4) is 0 Å². The molecular weight excluding hydrogens is 566 g/mol. The number of rotatable bonds is 9. The van der Waals surface area contributed by atoms with Crippen LogP contribution < -0.4 is 10.6 Å². The maximum Gasteiger partial charge on any atom is 0.482 e. The summed E-state index contributed by atoms with van der Waals surface area (Å²) in [5.41, 5.74) is 1.33. The Balaban J connectivity index is 1.23. The second kappa shape index (κ2) is 11.7. The van der Waals surface area contributed by atoms with Crippen LogP contribution in [0.4, 0.5) is 4.39 Å². The van der Waals surface area contributed by atoms with Gasteiger partial charge in [0.2, 0.25) is 5.91 Å². The Kier molecular flexibility index (Phi) is 8.13. The molecule has 4 aliphatic rings. The lowest BCUT2D eigenvalue weighted by molar-refractivity contribution is -0.199. The summed E-state index contributed by atoms with van der Waals surface area (Å²) in [7, 11) is -0.739. The number of carbonyl (C=O) groups excluding carboxylic acids is 2. The normalized spacial score (nSPS) is 26.5. The molecule has 3 saturated carbocycles. The van der Waals surface area contributed by atoms with Crippen molar-refractivity contribution in [2.75, 3.05) is 0 Å². The average molecular weight is 603 g/mol. The molecule has 2 N–H and O–H groups in total. The number of nitrogens with one attached hydrogen (secondary N) is 2. The van der Waals surface area contributed by atoms with Gasteiger partial charge in [-0.2, -0.15) is 0 Å². The lowest BCUT2D eigenvalue weighted by atomic mass is 9.43. The van der Waals surface area contributed by atoms with E-state index in [2.05, 4.69) is 31.4 Å². The molecule has 2 amide bonds. The van der Waals surface area contributed by atoms with Gasteiger partial charge in [-0.3, -0.25) is 9.59 Å². The zero-order chi connectivity index (χ0) is 30.4. The van der Waals surface area contributed by atoms with Crippen LogP contribution in [0.1, 0.15) is 67.6 Å². The summed E-state index contributed by atoms with van der Waals surface area (Å²) >= 11 is 6.28. The second-order valence-electron chi connectivity index (χ2n) is 13.0. The van der Waals surface area contributed by atoms with Crippen LogP contribution in [-0.4, -0.2) is 36.6 Å². The van der Waals surface area contributed by atoms with Crippen molar-refractivity contribution in [1.29, 1.82) is 0 Å². The van der Waals surface area contributed by atoms with Gasteiger partial charge in [0.15, 0.2) is 0 Å². The van der Waals surface area contributed by atoms with E-state index in [1.165, 1.54) is 6.07 Å². The minimum atomic E-state index is -0.739. The summed E-state index contributed by atoms with van der Waals surface area (Å²) in [6, 6.07) is 21.8. The molecule has 224 valence electrons. The summed E-state index contributed by atoms with van der Waals surface area (Å²) < 4.78 is 28.0. The lowest BCUT2D eigenvalue weighted by Crippen LogP contribution is -2.65. The highest BCUT2D eigenvalue weighted by atomic mass is 35.5. The monoisotopic (exact) mass is 602 g/mol. The van der Waals surface area contributed by atoms with Gasteiger partial charge in [-0.15, -0.1) is 0 Å². The van der Waals surface area contributed by atoms with Gasteiger partial charge >= 0.3 is 7.12 Å². The molecule has 0 radical (unpaired) electrons. The Morgan fingerprint density at radius 1 is 1.00 bits per heavy atom. The molecule has 0 spiro atoms. The number of benzene rings is 3. The van der Waals surface area contributed by atoms with E-state index < -0.39 is 24.7 Å². The Labute approximate surface area is 257 Å². The first kappa shape index (κ1) is 29.9. The van der Waals surface area contributed by atoms with Gasteiger partial charge in [0.25, 0.3) is 5.91 Å². The topological polar surface area (TPSA) is 76.7 Å². The number of carbonyl (C=O) groups is 2. The molecule has 2 bridgehead atoms. The van der Waals surface area contributed by atoms with E-state index in [9.17, 15) is 14.0 Å². The molecule has 1 heterocycles. The third kappa shape index (κ3) is 5.85. The van der Waals surface area contributed by atoms with Crippen LogP contribution in [0.15, 0.2) is 78.9 Å². The molecule has 1 unspecified atom stereocenters. The Bertz CT molecular complexity index is 1510. The molecule has 7 rings (SSSR count). The van der Waals surface area contributed by atoms with Gasteiger partial charge in [-0.05, 0) is 84.9 Å².